The van der Waals surface area contributed by atoms with Crippen LogP contribution < -0.4 is 4.90 Å². The highest BCUT2D eigenvalue weighted by Crippen LogP contribution is 2.32. The Morgan fingerprint density at radius 2 is 1.96 bits per heavy atom. The van der Waals surface area contributed by atoms with Gasteiger partial charge in [-0.25, -0.2) is 4.98 Å². The van der Waals surface area contributed by atoms with Crippen molar-refractivity contribution in [3.8, 4) is 0 Å². The molecule has 1 saturated carbocycles. The Kier molecular flexibility index (Phi) is 5.29. The van der Waals surface area contributed by atoms with E-state index < -0.39 is 11.2 Å². The van der Waals surface area contributed by atoms with E-state index in [-0.39, 0.29) is 18.9 Å². The highest BCUT2D eigenvalue weighted by molar-refractivity contribution is 5.77. The van der Waals surface area contributed by atoms with Gasteiger partial charge in [0.15, 0.2) is 0 Å². The van der Waals surface area contributed by atoms with Crippen molar-refractivity contribution in [3.63, 3.8) is 0 Å². The Bertz CT molecular complexity index is 589. The zero-order chi connectivity index (χ0) is 17.9. The fourth-order valence-electron chi connectivity index (χ4n) is 4.05. The molecule has 2 fully saturated rings. The van der Waals surface area contributed by atoms with Crippen LogP contribution in [-0.2, 0) is 4.79 Å². The van der Waals surface area contributed by atoms with Crippen LogP contribution in [0, 0.1) is 0 Å². The zero-order valence-electron chi connectivity index (χ0n) is 15.0. The van der Waals surface area contributed by atoms with Gasteiger partial charge < -0.3 is 20.0 Å². The third-order valence-electron chi connectivity index (χ3n) is 5.53. The molecule has 1 saturated heterocycles. The van der Waals surface area contributed by atoms with Crippen LogP contribution in [0.25, 0.3) is 0 Å². The number of aromatic nitrogens is 1. The Balaban J connectivity index is 1.55. The van der Waals surface area contributed by atoms with Crippen LogP contribution >= 0.6 is 0 Å². The van der Waals surface area contributed by atoms with Gasteiger partial charge in [-0.1, -0.05) is 25.3 Å². The molecule has 0 radical (unpaired) electrons. The first-order valence-electron chi connectivity index (χ1n) is 9.24. The van der Waals surface area contributed by atoms with E-state index in [4.69, 9.17) is 0 Å². The van der Waals surface area contributed by atoms with E-state index in [0.29, 0.717) is 25.8 Å². The quantitative estimate of drug-likeness (QED) is 0.845. The fraction of sp³-hybridized carbons (Fsp3) is 0.684. The number of hydrogen-bond donors (Lipinski definition) is 2. The maximum absolute atomic E-state index is 12.5. The van der Waals surface area contributed by atoms with Crippen molar-refractivity contribution >= 4 is 11.7 Å². The molecule has 1 aromatic heterocycles. The number of anilines is 1. The largest absolute Gasteiger partial charge is 0.389 e. The molecule has 1 amide bonds. The van der Waals surface area contributed by atoms with Gasteiger partial charge in [-0.3, -0.25) is 4.79 Å². The fourth-order valence-corrected chi connectivity index (χ4v) is 4.05. The number of carbonyl (C=O) groups is 1. The molecule has 0 aromatic carbocycles. The lowest BCUT2D eigenvalue weighted by molar-refractivity contribution is -0.139. The second-order valence-corrected chi connectivity index (χ2v) is 7.80. The number of pyridine rings is 1. The number of hydrogen-bond acceptors (Lipinski definition) is 5. The van der Waals surface area contributed by atoms with Gasteiger partial charge in [0, 0.05) is 26.3 Å². The summed E-state index contributed by atoms with van der Waals surface area (Å²) in [4.78, 5) is 20.5. The molecule has 3 rings (SSSR count). The lowest BCUT2D eigenvalue weighted by atomic mass is 9.82. The molecular formula is C19H29N3O3. The number of carbonyl (C=O) groups excluding carboxylic acids is 1. The van der Waals surface area contributed by atoms with E-state index in [1.54, 1.807) is 18.1 Å². The minimum Gasteiger partial charge on any atom is -0.389 e. The molecule has 6 heteroatoms. The molecule has 138 valence electrons. The van der Waals surface area contributed by atoms with Gasteiger partial charge in [-0.2, -0.15) is 0 Å². The molecule has 1 aromatic rings. The van der Waals surface area contributed by atoms with E-state index in [1.807, 2.05) is 23.1 Å². The van der Waals surface area contributed by atoms with Crippen molar-refractivity contribution in [1.29, 1.82) is 0 Å². The Hall–Kier alpha value is -1.66. The van der Waals surface area contributed by atoms with Crippen LogP contribution in [0.5, 0.6) is 0 Å². The number of nitrogens with zero attached hydrogens (tertiary/aromatic N) is 3. The van der Waals surface area contributed by atoms with Gasteiger partial charge in [0.1, 0.15) is 11.4 Å². The van der Waals surface area contributed by atoms with Gasteiger partial charge in [-0.05, 0) is 31.4 Å². The van der Waals surface area contributed by atoms with Gasteiger partial charge >= 0.3 is 0 Å². The summed E-state index contributed by atoms with van der Waals surface area (Å²) in [5, 5.41) is 21.5. The molecule has 0 spiro atoms. The molecule has 25 heavy (non-hydrogen) atoms. The first-order chi connectivity index (χ1) is 11.9. The van der Waals surface area contributed by atoms with Gasteiger partial charge in [0.05, 0.1) is 18.6 Å². The average Bonchev–Trinajstić information content (AvgIpc) is 2.98. The highest BCUT2D eigenvalue weighted by Gasteiger charge is 2.39. The van der Waals surface area contributed by atoms with E-state index in [0.717, 1.165) is 31.6 Å². The lowest BCUT2D eigenvalue weighted by Gasteiger charge is -2.34. The van der Waals surface area contributed by atoms with Crippen molar-refractivity contribution in [2.24, 2.45) is 0 Å². The van der Waals surface area contributed by atoms with Crippen LogP contribution in [0.1, 0.15) is 44.9 Å². The standard InChI is InChI=1S/C19H29N3O3/c1-21(17(23)13-18(24)8-4-2-5-9-18)14-19(25)10-12-22(15-19)16-7-3-6-11-20-16/h3,6-7,11,24-25H,2,4-5,8-10,12-15H2,1H3/t19-/m1/s1. The summed E-state index contributed by atoms with van der Waals surface area (Å²) < 4.78 is 0. The van der Waals surface area contributed by atoms with Gasteiger partial charge in [0.25, 0.3) is 0 Å². The summed E-state index contributed by atoms with van der Waals surface area (Å²) in [6.07, 6.45) is 7.00. The average molecular weight is 347 g/mol. The van der Waals surface area contributed by atoms with E-state index in [9.17, 15) is 15.0 Å². The molecule has 6 nitrogen and oxygen atoms in total. The number of rotatable bonds is 5. The Morgan fingerprint density at radius 1 is 1.20 bits per heavy atom. The second kappa shape index (κ2) is 7.30. The number of amides is 1. The van der Waals surface area contributed by atoms with E-state index in [1.165, 1.54) is 0 Å². The normalized spacial score (nSPS) is 25.8. The summed E-state index contributed by atoms with van der Waals surface area (Å²) in [7, 11) is 1.72. The minimum atomic E-state index is -0.933. The predicted octanol–water partition coefficient (Wildman–Crippen LogP) is 1.57. The third kappa shape index (κ3) is 4.50. The zero-order valence-corrected chi connectivity index (χ0v) is 15.0. The third-order valence-corrected chi connectivity index (χ3v) is 5.53. The van der Waals surface area contributed by atoms with Crippen LogP contribution in [0.3, 0.4) is 0 Å². The lowest BCUT2D eigenvalue weighted by Crippen LogP contribution is -2.47. The van der Waals surface area contributed by atoms with Gasteiger partial charge in [-0.15, -0.1) is 0 Å². The Morgan fingerprint density at radius 3 is 2.64 bits per heavy atom. The summed E-state index contributed by atoms with van der Waals surface area (Å²) in [5.41, 5.74) is -1.79. The monoisotopic (exact) mass is 347 g/mol. The second-order valence-electron chi connectivity index (χ2n) is 7.80. The molecule has 0 bridgehead atoms. The smallest absolute Gasteiger partial charge is 0.225 e. The first kappa shape index (κ1) is 18.1. The van der Waals surface area contributed by atoms with Crippen molar-refractivity contribution in [3.05, 3.63) is 24.4 Å². The molecule has 2 aliphatic rings. The van der Waals surface area contributed by atoms with Gasteiger partial charge in [0.2, 0.25) is 5.91 Å². The summed E-state index contributed by atoms with van der Waals surface area (Å²) in [6, 6.07) is 5.73. The van der Waals surface area contributed by atoms with Crippen molar-refractivity contribution < 1.29 is 15.0 Å². The molecule has 2 heterocycles. The summed E-state index contributed by atoms with van der Waals surface area (Å²) in [5.74, 6) is 0.762. The van der Waals surface area contributed by atoms with Crippen LogP contribution in [-0.4, -0.2) is 63.9 Å². The topological polar surface area (TPSA) is 76.9 Å². The van der Waals surface area contributed by atoms with E-state index in [2.05, 4.69) is 4.98 Å². The van der Waals surface area contributed by atoms with Crippen LogP contribution in [0.4, 0.5) is 5.82 Å². The predicted molar refractivity (Wildman–Crippen MR) is 96.3 cm³/mol. The summed E-state index contributed by atoms with van der Waals surface area (Å²) in [6.45, 7) is 1.47. The Labute approximate surface area is 149 Å². The number of β-amino-alcohol motifs (C(OH)–C–C–N with tert-alkyl or cyclic N) is 1. The van der Waals surface area contributed by atoms with Crippen molar-refractivity contribution in [2.75, 3.05) is 31.6 Å². The van der Waals surface area contributed by atoms with E-state index >= 15 is 0 Å². The number of likely N-dealkylation sites (N-methyl/N-ethyl adjacent to an activating group) is 1. The molecular weight excluding hydrogens is 318 g/mol. The molecule has 0 unspecified atom stereocenters. The number of aliphatic hydroxyl groups is 2. The summed E-state index contributed by atoms with van der Waals surface area (Å²) >= 11 is 0. The SMILES string of the molecule is CN(C[C@]1(O)CCN(c2ccccn2)C1)C(=O)CC1(O)CCCCC1. The molecule has 1 aliphatic heterocycles. The maximum Gasteiger partial charge on any atom is 0.225 e. The van der Waals surface area contributed by atoms with Crippen LogP contribution in [0.15, 0.2) is 24.4 Å². The maximum atomic E-state index is 12.5. The molecule has 2 N–H and O–H groups in total. The molecule has 1 aliphatic carbocycles. The van der Waals surface area contributed by atoms with Crippen molar-refractivity contribution in [1.82, 2.24) is 9.88 Å². The first-order valence-corrected chi connectivity index (χ1v) is 9.24. The van der Waals surface area contributed by atoms with Crippen LogP contribution in [0.2, 0.25) is 0 Å². The molecule has 1 atom stereocenters. The minimum absolute atomic E-state index is 0.0888. The highest BCUT2D eigenvalue weighted by atomic mass is 16.3. The van der Waals surface area contributed by atoms with Crippen molar-refractivity contribution in [2.45, 2.75) is 56.1 Å².